The molecule has 1 aromatic carbocycles. The summed E-state index contributed by atoms with van der Waals surface area (Å²) in [4.78, 5) is 10.6. The highest BCUT2D eigenvalue weighted by molar-refractivity contribution is 6.54. The van der Waals surface area contributed by atoms with Gasteiger partial charge in [-0.3, -0.25) is 0 Å². The predicted octanol–water partition coefficient (Wildman–Crippen LogP) is 1.29. The highest BCUT2D eigenvalue weighted by Gasteiger charge is 2.10. The van der Waals surface area contributed by atoms with Crippen LogP contribution in [0.25, 0.3) is 0 Å². The molecule has 0 aliphatic carbocycles. The molecule has 110 valence electrons. The highest BCUT2D eigenvalue weighted by atomic mass is 28.2. The minimum absolute atomic E-state index is 0.471. The molecule has 6 heteroatoms. The Morgan fingerprint density at radius 2 is 2.05 bits per heavy atom. The van der Waals surface area contributed by atoms with Crippen molar-refractivity contribution in [1.29, 1.82) is 0 Å². The fourth-order valence-corrected chi connectivity index (χ4v) is 2.93. The van der Waals surface area contributed by atoms with Gasteiger partial charge in [-0.25, -0.2) is 4.79 Å². The van der Waals surface area contributed by atoms with Gasteiger partial charge in [-0.05, 0) is 31.5 Å². The minimum atomic E-state index is -0.471. The standard InChI is InChI=1S/C14H22N2O3Si/c1-3-18-11-7-5-8-12(13(11)19-4-2)20-10-6-9-16-14(15)17/h5,7-8H,3-4,6,9-10H2,1-2H3,(H3,15,16,17). The SMILES string of the molecule is CCOc1cccc([Si]CCCNC(N)=O)c1OCC. The summed E-state index contributed by atoms with van der Waals surface area (Å²) in [5.74, 6) is 1.65. The van der Waals surface area contributed by atoms with E-state index in [1.165, 1.54) is 0 Å². The monoisotopic (exact) mass is 294 g/mol. The van der Waals surface area contributed by atoms with Crippen LogP contribution in [0.5, 0.6) is 11.5 Å². The summed E-state index contributed by atoms with van der Waals surface area (Å²) in [6.45, 7) is 5.77. The van der Waals surface area contributed by atoms with E-state index >= 15 is 0 Å². The molecule has 0 aliphatic rings. The van der Waals surface area contributed by atoms with Gasteiger partial charge >= 0.3 is 6.03 Å². The van der Waals surface area contributed by atoms with Gasteiger partial charge in [-0.1, -0.05) is 18.2 Å². The van der Waals surface area contributed by atoms with Crippen LogP contribution in [0, 0.1) is 0 Å². The van der Waals surface area contributed by atoms with E-state index in [1.807, 2.05) is 26.0 Å². The summed E-state index contributed by atoms with van der Waals surface area (Å²) in [6, 6.07) is 6.49. The summed E-state index contributed by atoms with van der Waals surface area (Å²) in [6.07, 6.45) is 0.895. The van der Waals surface area contributed by atoms with E-state index in [9.17, 15) is 4.79 Å². The van der Waals surface area contributed by atoms with Crippen molar-refractivity contribution in [3.05, 3.63) is 18.2 Å². The second kappa shape index (κ2) is 9.25. The van der Waals surface area contributed by atoms with Crippen LogP contribution in [-0.4, -0.2) is 35.3 Å². The van der Waals surface area contributed by atoms with Crippen molar-refractivity contribution in [3.63, 3.8) is 0 Å². The molecule has 5 nitrogen and oxygen atoms in total. The van der Waals surface area contributed by atoms with E-state index in [0.29, 0.717) is 29.3 Å². The maximum absolute atomic E-state index is 10.6. The second-order valence-corrected chi connectivity index (χ2v) is 5.46. The van der Waals surface area contributed by atoms with Crippen LogP contribution in [-0.2, 0) is 0 Å². The number of benzene rings is 1. The van der Waals surface area contributed by atoms with Crippen molar-refractivity contribution < 1.29 is 14.3 Å². The lowest BCUT2D eigenvalue weighted by atomic mass is 10.3. The smallest absolute Gasteiger partial charge is 0.312 e. The minimum Gasteiger partial charge on any atom is -0.490 e. The molecular weight excluding hydrogens is 272 g/mol. The largest absolute Gasteiger partial charge is 0.490 e. The van der Waals surface area contributed by atoms with Gasteiger partial charge in [-0.2, -0.15) is 0 Å². The topological polar surface area (TPSA) is 73.6 Å². The third-order valence-corrected chi connectivity index (χ3v) is 3.91. The lowest BCUT2D eigenvalue weighted by molar-refractivity contribution is 0.249. The van der Waals surface area contributed by atoms with Gasteiger partial charge in [-0.15, -0.1) is 0 Å². The first-order valence-electron chi connectivity index (χ1n) is 6.84. The van der Waals surface area contributed by atoms with Crippen LogP contribution in [0.2, 0.25) is 6.04 Å². The quantitative estimate of drug-likeness (QED) is 0.532. The van der Waals surface area contributed by atoms with Crippen molar-refractivity contribution in [2.45, 2.75) is 26.3 Å². The number of nitrogens with two attached hydrogens (primary N) is 1. The second-order valence-electron chi connectivity index (χ2n) is 4.07. The summed E-state index contributed by atoms with van der Waals surface area (Å²) in [7, 11) is 0.620. The Morgan fingerprint density at radius 3 is 2.70 bits per heavy atom. The number of amides is 2. The summed E-state index contributed by atoms with van der Waals surface area (Å²) < 4.78 is 11.3. The molecule has 0 saturated heterocycles. The molecule has 0 aromatic heterocycles. The molecule has 0 saturated carbocycles. The Kier molecular flexibility index (Phi) is 7.57. The molecule has 0 atom stereocenters. The lowest BCUT2D eigenvalue weighted by Gasteiger charge is -2.14. The van der Waals surface area contributed by atoms with Crippen LogP contribution in [0.15, 0.2) is 18.2 Å². The molecule has 0 heterocycles. The molecule has 20 heavy (non-hydrogen) atoms. The fraction of sp³-hybridized carbons (Fsp3) is 0.500. The third kappa shape index (κ3) is 5.52. The van der Waals surface area contributed by atoms with Gasteiger partial charge < -0.3 is 20.5 Å². The van der Waals surface area contributed by atoms with Crippen LogP contribution >= 0.6 is 0 Å². The number of para-hydroxylation sites is 1. The van der Waals surface area contributed by atoms with E-state index in [2.05, 4.69) is 11.4 Å². The molecule has 0 fully saturated rings. The molecule has 3 N–H and O–H groups in total. The van der Waals surface area contributed by atoms with Gasteiger partial charge in [0.25, 0.3) is 0 Å². The van der Waals surface area contributed by atoms with E-state index in [0.717, 1.165) is 29.2 Å². The summed E-state index contributed by atoms with van der Waals surface area (Å²) >= 11 is 0. The molecule has 1 rings (SSSR count). The Labute approximate surface area is 122 Å². The zero-order valence-corrected chi connectivity index (χ0v) is 13.1. The van der Waals surface area contributed by atoms with Crippen molar-refractivity contribution in [2.75, 3.05) is 19.8 Å². The van der Waals surface area contributed by atoms with Gasteiger partial charge in [0.2, 0.25) is 0 Å². The van der Waals surface area contributed by atoms with Crippen LogP contribution < -0.4 is 25.7 Å². The fourth-order valence-electron chi connectivity index (χ4n) is 1.74. The van der Waals surface area contributed by atoms with Gasteiger partial charge in [0.1, 0.15) is 0 Å². The molecule has 0 spiro atoms. The average Bonchev–Trinajstić information content (AvgIpc) is 2.41. The highest BCUT2D eigenvalue weighted by Crippen LogP contribution is 2.24. The van der Waals surface area contributed by atoms with E-state index < -0.39 is 6.03 Å². The molecular formula is C14H22N2O3Si. The number of ether oxygens (including phenoxy) is 2. The average molecular weight is 294 g/mol. The number of urea groups is 1. The van der Waals surface area contributed by atoms with Crippen molar-refractivity contribution in [1.82, 2.24) is 5.32 Å². The van der Waals surface area contributed by atoms with Crippen LogP contribution in [0.3, 0.4) is 0 Å². The number of hydrogen-bond donors (Lipinski definition) is 2. The Hall–Kier alpha value is -1.69. The first-order chi connectivity index (χ1) is 9.69. The number of hydrogen-bond acceptors (Lipinski definition) is 3. The first kappa shape index (κ1) is 16.4. The number of carbonyl (C=O) groups is 1. The number of carbonyl (C=O) groups excluding carboxylic acids is 1. The van der Waals surface area contributed by atoms with E-state index in [1.54, 1.807) is 0 Å². The zero-order chi connectivity index (χ0) is 14.8. The lowest BCUT2D eigenvalue weighted by Crippen LogP contribution is -2.30. The van der Waals surface area contributed by atoms with Crippen molar-refractivity contribution in [2.24, 2.45) is 5.73 Å². The van der Waals surface area contributed by atoms with E-state index in [4.69, 9.17) is 15.2 Å². The van der Waals surface area contributed by atoms with Crippen LogP contribution in [0.1, 0.15) is 20.3 Å². The van der Waals surface area contributed by atoms with Gasteiger partial charge in [0, 0.05) is 6.54 Å². The Morgan fingerprint density at radius 1 is 1.30 bits per heavy atom. The summed E-state index contributed by atoms with van der Waals surface area (Å²) in [5.41, 5.74) is 5.02. The molecule has 0 aliphatic heterocycles. The third-order valence-electron chi connectivity index (χ3n) is 2.54. The first-order valence-corrected chi connectivity index (χ1v) is 8.05. The summed E-state index contributed by atoms with van der Waals surface area (Å²) in [5, 5.41) is 3.75. The van der Waals surface area contributed by atoms with E-state index in [-0.39, 0.29) is 0 Å². The van der Waals surface area contributed by atoms with Gasteiger partial charge in [0.05, 0.1) is 22.7 Å². The number of nitrogens with one attached hydrogen (secondary N) is 1. The Balaban J connectivity index is 2.59. The van der Waals surface area contributed by atoms with Crippen LogP contribution in [0.4, 0.5) is 4.79 Å². The molecule has 1 aromatic rings. The van der Waals surface area contributed by atoms with Gasteiger partial charge in [0.15, 0.2) is 11.5 Å². The van der Waals surface area contributed by atoms with Crippen molar-refractivity contribution in [3.8, 4) is 11.5 Å². The molecule has 2 radical (unpaired) electrons. The molecule has 0 unspecified atom stereocenters. The maximum Gasteiger partial charge on any atom is 0.312 e. The maximum atomic E-state index is 10.6. The zero-order valence-electron chi connectivity index (χ0n) is 12.1. The molecule has 2 amide bonds. The normalized spacial score (nSPS) is 10.1. The predicted molar refractivity (Wildman–Crippen MR) is 81.2 cm³/mol. The molecule has 0 bridgehead atoms. The number of rotatable bonds is 9. The Bertz CT molecular complexity index is 427. The number of primary amides is 1. The van der Waals surface area contributed by atoms with Crippen molar-refractivity contribution >= 4 is 20.7 Å².